The summed E-state index contributed by atoms with van der Waals surface area (Å²) in [7, 11) is 18.1. The topological polar surface area (TPSA) is 182 Å². The van der Waals surface area contributed by atoms with Crippen LogP contribution in [0.3, 0.4) is 0 Å². The van der Waals surface area contributed by atoms with Gasteiger partial charge in [0.15, 0.2) is 23.1 Å². The number of nitrogens with one attached hydrogen (secondary N) is 4. The second-order valence-electron chi connectivity index (χ2n) is 11.0. The standard InChI is InChI=1S/C26H29B3N8O6/c1-12(30-24(40)42-25(2,3)4)20-33-23(43-37-20)14-7-6-8-15(19(14)41-5)31-16-11-17(32-21(38)13-9-10-13)35-36-18(16)22(39)34-26(27,28)29/h6-8,11-13H,9-10H2,1-5H3,(H,30,40)(H,34,39)(H2,31,32,35,38)/t12-/m1/s1. The van der Waals surface area contributed by atoms with Crippen LogP contribution in [0.15, 0.2) is 28.8 Å². The van der Waals surface area contributed by atoms with Gasteiger partial charge in [-0.1, -0.05) is 16.5 Å². The first kappa shape index (κ1) is 31.4. The van der Waals surface area contributed by atoms with Crippen molar-refractivity contribution in [1.29, 1.82) is 0 Å². The molecule has 0 bridgehead atoms. The van der Waals surface area contributed by atoms with E-state index in [1.165, 1.54) is 13.2 Å². The van der Waals surface area contributed by atoms with E-state index in [1.54, 1.807) is 45.9 Å². The number of hydrogen-bond acceptors (Lipinski definition) is 11. The minimum Gasteiger partial charge on any atom is -0.494 e. The number of alkyl carbamates (subject to hydrolysis) is 1. The number of hydrogen-bond donors (Lipinski definition) is 4. The van der Waals surface area contributed by atoms with Crippen LogP contribution in [-0.4, -0.2) is 79.7 Å². The van der Waals surface area contributed by atoms with Crippen molar-refractivity contribution in [3.63, 3.8) is 0 Å². The summed E-state index contributed by atoms with van der Waals surface area (Å²) >= 11 is 0. The van der Waals surface area contributed by atoms with Crippen LogP contribution >= 0.6 is 0 Å². The molecule has 1 saturated carbocycles. The Hall–Kier alpha value is -4.56. The molecule has 1 aliphatic rings. The highest BCUT2D eigenvalue weighted by Crippen LogP contribution is 2.38. The molecule has 43 heavy (non-hydrogen) atoms. The molecule has 0 aliphatic heterocycles. The summed E-state index contributed by atoms with van der Waals surface area (Å²) < 4.78 is 16.4. The van der Waals surface area contributed by atoms with Crippen LogP contribution in [-0.2, 0) is 9.53 Å². The van der Waals surface area contributed by atoms with Crippen LogP contribution < -0.4 is 26.0 Å². The molecule has 4 N–H and O–H groups in total. The molecule has 17 heteroatoms. The molecule has 4 rings (SSSR count). The van der Waals surface area contributed by atoms with Crippen molar-refractivity contribution in [3.8, 4) is 17.2 Å². The van der Waals surface area contributed by atoms with Crippen LogP contribution in [0, 0.1) is 5.92 Å². The van der Waals surface area contributed by atoms with Crippen LogP contribution in [0.4, 0.5) is 22.0 Å². The first-order valence-corrected chi connectivity index (χ1v) is 13.3. The zero-order valence-electron chi connectivity index (χ0n) is 24.3. The Morgan fingerprint density at radius 2 is 1.81 bits per heavy atom. The number of carbonyl (C=O) groups is 3. The van der Waals surface area contributed by atoms with E-state index in [9.17, 15) is 14.4 Å². The summed E-state index contributed by atoms with van der Waals surface area (Å²) in [6.45, 7) is 6.93. The number of methoxy groups -OCH3 is 1. The maximum atomic E-state index is 12.9. The van der Waals surface area contributed by atoms with E-state index in [-0.39, 0.29) is 46.5 Å². The normalized spacial score (nSPS) is 13.9. The molecule has 218 valence electrons. The monoisotopic (exact) mass is 582 g/mol. The molecule has 2 aromatic heterocycles. The number of nitrogens with zero attached hydrogens (tertiary/aromatic N) is 4. The van der Waals surface area contributed by atoms with Crippen molar-refractivity contribution in [2.24, 2.45) is 5.92 Å². The third kappa shape index (κ3) is 8.49. The van der Waals surface area contributed by atoms with Gasteiger partial charge in [0.1, 0.15) is 5.60 Å². The third-order valence-corrected chi connectivity index (χ3v) is 5.82. The maximum absolute atomic E-state index is 12.9. The number of carbonyl (C=O) groups excluding carboxylic acids is 3. The Bertz CT molecular complexity index is 1520. The summed E-state index contributed by atoms with van der Waals surface area (Å²) in [6.07, 6.45) is 0.936. The number of para-hydroxylation sites is 1. The number of rotatable bonds is 10. The third-order valence-electron chi connectivity index (χ3n) is 5.82. The van der Waals surface area contributed by atoms with Gasteiger partial charge >= 0.3 is 6.09 Å². The highest BCUT2D eigenvalue weighted by molar-refractivity contribution is 6.60. The van der Waals surface area contributed by atoms with Crippen molar-refractivity contribution >= 4 is 58.6 Å². The molecule has 1 aromatic carbocycles. The Kier molecular flexibility index (Phi) is 9.02. The zero-order chi connectivity index (χ0) is 31.5. The first-order valence-electron chi connectivity index (χ1n) is 13.3. The van der Waals surface area contributed by atoms with Crippen LogP contribution in [0.5, 0.6) is 5.75 Å². The van der Waals surface area contributed by atoms with Crippen molar-refractivity contribution in [2.75, 3.05) is 17.7 Å². The largest absolute Gasteiger partial charge is 0.494 e. The van der Waals surface area contributed by atoms with Gasteiger partial charge in [0.2, 0.25) is 5.91 Å². The highest BCUT2D eigenvalue weighted by Gasteiger charge is 2.30. The van der Waals surface area contributed by atoms with Crippen molar-refractivity contribution in [1.82, 2.24) is 31.0 Å². The SMILES string of the molecule is [B]C([B])([B])NC(=O)c1nnc(NC(=O)C2CC2)cc1Nc1cccc(-c2nc([C@@H](C)NC(=O)OC(C)(C)C)no2)c1OC. The molecule has 14 nitrogen and oxygen atoms in total. The molecular weight excluding hydrogens is 553 g/mol. The molecule has 1 atom stereocenters. The van der Waals surface area contributed by atoms with Crippen molar-refractivity contribution in [2.45, 2.75) is 57.4 Å². The van der Waals surface area contributed by atoms with E-state index in [2.05, 4.69) is 41.6 Å². The molecule has 3 aromatic rings. The molecule has 0 unspecified atom stereocenters. The lowest BCUT2D eigenvalue weighted by Crippen LogP contribution is -2.50. The van der Waals surface area contributed by atoms with E-state index < -0.39 is 28.9 Å². The van der Waals surface area contributed by atoms with Gasteiger partial charge in [0, 0.05) is 12.0 Å². The molecule has 6 radical (unpaired) electrons. The van der Waals surface area contributed by atoms with Crippen LogP contribution in [0.25, 0.3) is 11.5 Å². The second kappa shape index (κ2) is 12.4. The first-order chi connectivity index (χ1) is 20.1. The molecule has 3 amide bonds. The summed E-state index contributed by atoms with van der Waals surface area (Å²) in [6, 6.07) is 5.82. The average molecular weight is 582 g/mol. The fourth-order valence-electron chi connectivity index (χ4n) is 3.78. The Morgan fingerprint density at radius 1 is 1.09 bits per heavy atom. The molecule has 1 aliphatic carbocycles. The van der Waals surface area contributed by atoms with Gasteiger partial charge in [-0.05, 0) is 52.7 Å². The molecular formula is C26H29B3N8O6. The summed E-state index contributed by atoms with van der Waals surface area (Å²) in [5.41, 5.74) is -0.00943. The Labute approximate surface area is 252 Å². The summed E-state index contributed by atoms with van der Waals surface area (Å²) in [4.78, 5) is 41.8. The van der Waals surface area contributed by atoms with Gasteiger partial charge in [0.25, 0.3) is 11.8 Å². The van der Waals surface area contributed by atoms with E-state index in [0.29, 0.717) is 11.3 Å². The zero-order valence-corrected chi connectivity index (χ0v) is 24.3. The predicted octanol–water partition coefficient (Wildman–Crippen LogP) is 2.06. The quantitative estimate of drug-likeness (QED) is 0.257. The minimum atomic E-state index is -2.03. The highest BCUT2D eigenvalue weighted by atomic mass is 16.6. The summed E-state index contributed by atoms with van der Waals surface area (Å²) in [5.74, 6) is -0.456. The van der Waals surface area contributed by atoms with E-state index in [0.717, 1.165) is 12.8 Å². The fourth-order valence-corrected chi connectivity index (χ4v) is 3.78. The molecule has 0 saturated heterocycles. The summed E-state index contributed by atoms with van der Waals surface area (Å²) in [5, 5.41) is 20.5. The smallest absolute Gasteiger partial charge is 0.408 e. The number of amides is 3. The fraction of sp³-hybridized carbons (Fsp3) is 0.423. The van der Waals surface area contributed by atoms with Gasteiger partial charge in [-0.15, -0.1) is 10.2 Å². The lowest BCUT2D eigenvalue weighted by Gasteiger charge is -2.23. The van der Waals surface area contributed by atoms with Crippen molar-refractivity contribution < 1.29 is 28.4 Å². The van der Waals surface area contributed by atoms with Gasteiger partial charge in [0.05, 0.1) is 53.6 Å². The lowest BCUT2D eigenvalue weighted by atomic mass is 9.49. The van der Waals surface area contributed by atoms with Gasteiger partial charge < -0.3 is 35.3 Å². The van der Waals surface area contributed by atoms with E-state index in [4.69, 9.17) is 37.5 Å². The molecule has 2 heterocycles. The van der Waals surface area contributed by atoms with Gasteiger partial charge in [-0.25, -0.2) is 4.79 Å². The van der Waals surface area contributed by atoms with Gasteiger partial charge in [-0.2, -0.15) is 4.98 Å². The number of ether oxygens (including phenoxy) is 2. The van der Waals surface area contributed by atoms with E-state index >= 15 is 0 Å². The van der Waals surface area contributed by atoms with Crippen molar-refractivity contribution in [3.05, 3.63) is 35.8 Å². The Morgan fingerprint density at radius 3 is 2.44 bits per heavy atom. The van der Waals surface area contributed by atoms with Crippen LogP contribution in [0.1, 0.15) is 62.9 Å². The number of aromatic nitrogens is 4. The predicted molar refractivity (Wildman–Crippen MR) is 158 cm³/mol. The number of anilines is 3. The maximum Gasteiger partial charge on any atom is 0.408 e. The molecule has 0 spiro atoms. The molecule has 1 fully saturated rings. The number of benzene rings is 1. The van der Waals surface area contributed by atoms with Gasteiger partial charge in [-0.3, -0.25) is 9.59 Å². The lowest BCUT2D eigenvalue weighted by molar-refractivity contribution is -0.117. The van der Waals surface area contributed by atoms with E-state index in [1.807, 2.05) is 0 Å². The minimum absolute atomic E-state index is 0.0911. The Balaban J connectivity index is 1.63. The average Bonchev–Trinajstić information content (AvgIpc) is 3.63. The second-order valence-corrected chi connectivity index (χ2v) is 11.0. The van der Waals surface area contributed by atoms with Crippen LogP contribution in [0.2, 0.25) is 0 Å².